The van der Waals surface area contributed by atoms with E-state index in [4.69, 9.17) is 15.3 Å². The maximum Gasteiger partial charge on any atom is 0.332 e. The van der Waals surface area contributed by atoms with Gasteiger partial charge in [0, 0.05) is 35.2 Å². The summed E-state index contributed by atoms with van der Waals surface area (Å²) in [6, 6.07) is 17.9. The Labute approximate surface area is 172 Å². The van der Waals surface area contributed by atoms with Gasteiger partial charge in [0.25, 0.3) is 0 Å². The Bertz CT molecular complexity index is 1070. The van der Waals surface area contributed by atoms with Crippen molar-refractivity contribution in [3.63, 3.8) is 0 Å². The van der Waals surface area contributed by atoms with Gasteiger partial charge in [0.1, 0.15) is 6.10 Å². The first kappa shape index (κ1) is 22.7. The maximum absolute atomic E-state index is 10.5. The summed E-state index contributed by atoms with van der Waals surface area (Å²) >= 11 is 0. The predicted molar refractivity (Wildman–Crippen MR) is 113 cm³/mol. The standard InChI is InChI=1S/C11H11NO3.C8H7N.C3H6O3/c13-10(11(14)15)5-7-6-12-9-4-2-1-3-8(7)9;1-2-4-8-7(3-1)5-6-9-8;1-2(4)3(5)6/h1-4,6,10,12-13H,5H2,(H,14,15);1-6,9H;2,4H,1H3,(H,5,6). The highest BCUT2D eigenvalue weighted by molar-refractivity contribution is 5.84. The zero-order valence-electron chi connectivity index (χ0n) is 16.3. The first-order valence-corrected chi connectivity index (χ1v) is 9.18. The van der Waals surface area contributed by atoms with Crippen LogP contribution in [0.25, 0.3) is 21.8 Å². The molecule has 0 saturated heterocycles. The van der Waals surface area contributed by atoms with Crippen LogP contribution in [-0.4, -0.2) is 54.5 Å². The van der Waals surface area contributed by atoms with Crippen LogP contribution in [0.4, 0.5) is 0 Å². The number of H-pyrrole nitrogens is 2. The molecule has 158 valence electrons. The van der Waals surface area contributed by atoms with Crippen molar-refractivity contribution in [3.05, 3.63) is 72.6 Å². The molecule has 0 aliphatic rings. The number of hydrogen-bond acceptors (Lipinski definition) is 4. The zero-order valence-corrected chi connectivity index (χ0v) is 16.3. The van der Waals surface area contributed by atoms with Crippen molar-refractivity contribution in [3.8, 4) is 0 Å². The molecule has 2 aromatic carbocycles. The second-order valence-corrected chi connectivity index (χ2v) is 6.50. The van der Waals surface area contributed by atoms with Crippen molar-refractivity contribution in [1.29, 1.82) is 0 Å². The van der Waals surface area contributed by atoms with E-state index in [1.807, 2.05) is 42.6 Å². The smallest absolute Gasteiger partial charge is 0.332 e. The third-order valence-corrected chi connectivity index (χ3v) is 4.19. The minimum absolute atomic E-state index is 0.124. The highest BCUT2D eigenvalue weighted by Crippen LogP contribution is 2.19. The van der Waals surface area contributed by atoms with E-state index in [1.54, 1.807) is 6.20 Å². The fourth-order valence-electron chi connectivity index (χ4n) is 2.59. The largest absolute Gasteiger partial charge is 0.479 e. The molecule has 0 spiro atoms. The SMILES string of the molecule is CC(O)C(=O)O.O=C(O)C(O)Cc1c[nH]c2ccccc12.c1ccc2[nH]ccc2c1. The number of aromatic amines is 2. The van der Waals surface area contributed by atoms with Gasteiger partial charge in [-0.25, -0.2) is 9.59 Å². The Morgan fingerprint density at radius 3 is 2.07 bits per heavy atom. The number of nitrogens with one attached hydrogen (secondary N) is 2. The Morgan fingerprint density at radius 1 is 0.867 bits per heavy atom. The number of carbonyl (C=O) groups is 2. The van der Waals surface area contributed by atoms with Crippen LogP contribution < -0.4 is 0 Å². The summed E-state index contributed by atoms with van der Waals surface area (Å²) in [7, 11) is 0. The average Bonchev–Trinajstić information content (AvgIpc) is 3.36. The molecule has 2 unspecified atom stereocenters. The van der Waals surface area contributed by atoms with Gasteiger partial charge in [-0.2, -0.15) is 0 Å². The molecule has 0 fully saturated rings. The second kappa shape index (κ2) is 10.8. The fraction of sp³-hybridized carbons (Fsp3) is 0.182. The molecular weight excluding hydrogens is 388 g/mol. The Kier molecular flexibility index (Phi) is 8.16. The van der Waals surface area contributed by atoms with Crippen molar-refractivity contribution in [2.45, 2.75) is 25.6 Å². The van der Waals surface area contributed by atoms with Gasteiger partial charge in [-0.05, 0) is 36.1 Å². The molecule has 0 radical (unpaired) electrons. The van der Waals surface area contributed by atoms with Crippen molar-refractivity contribution in [2.24, 2.45) is 0 Å². The van der Waals surface area contributed by atoms with Crippen LogP contribution in [0.2, 0.25) is 0 Å². The van der Waals surface area contributed by atoms with E-state index >= 15 is 0 Å². The van der Waals surface area contributed by atoms with Crippen LogP contribution in [0.15, 0.2) is 67.0 Å². The summed E-state index contributed by atoms with van der Waals surface area (Å²) in [5, 5.41) is 35.8. The summed E-state index contributed by atoms with van der Waals surface area (Å²) in [5.41, 5.74) is 2.98. The number of aliphatic carboxylic acids is 2. The summed E-state index contributed by atoms with van der Waals surface area (Å²) < 4.78 is 0. The molecule has 4 rings (SSSR count). The normalized spacial score (nSPS) is 12.2. The quantitative estimate of drug-likeness (QED) is 0.304. The zero-order chi connectivity index (χ0) is 22.1. The number of fused-ring (bicyclic) bond motifs is 2. The average molecular weight is 412 g/mol. The molecule has 2 atom stereocenters. The molecule has 8 nitrogen and oxygen atoms in total. The first-order valence-electron chi connectivity index (χ1n) is 9.18. The van der Waals surface area contributed by atoms with Crippen LogP contribution >= 0.6 is 0 Å². The molecule has 0 aliphatic carbocycles. The molecule has 8 heteroatoms. The van der Waals surface area contributed by atoms with Crippen molar-refractivity contribution in [2.75, 3.05) is 0 Å². The highest BCUT2D eigenvalue weighted by Gasteiger charge is 2.15. The maximum atomic E-state index is 10.5. The van der Waals surface area contributed by atoms with Crippen LogP contribution in [0.5, 0.6) is 0 Å². The number of aromatic nitrogens is 2. The van der Waals surface area contributed by atoms with E-state index in [2.05, 4.69) is 28.2 Å². The van der Waals surface area contributed by atoms with Gasteiger partial charge < -0.3 is 30.4 Å². The molecule has 2 heterocycles. The fourth-order valence-corrected chi connectivity index (χ4v) is 2.59. The predicted octanol–water partition coefficient (Wildman–Crippen LogP) is 2.78. The van der Waals surface area contributed by atoms with Crippen LogP contribution in [0.3, 0.4) is 0 Å². The Hall–Kier alpha value is -3.62. The van der Waals surface area contributed by atoms with E-state index < -0.39 is 24.1 Å². The number of carboxylic acid groups (broad SMARTS) is 2. The summed E-state index contributed by atoms with van der Waals surface area (Å²) in [4.78, 5) is 26.1. The Balaban J connectivity index is 0.000000181. The number of benzene rings is 2. The summed E-state index contributed by atoms with van der Waals surface area (Å²) in [6.45, 7) is 1.20. The van der Waals surface area contributed by atoms with Gasteiger partial charge in [-0.3, -0.25) is 0 Å². The van der Waals surface area contributed by atoms with Gasteiger partial charge >= 0.3 is 11.9 Å². The lowest BCUT2D eigenvalue weighted by Gasteiger charge is -2.03. The summed E-state index contributed by atoms with van der Waals surface area (Å²) in [6.07, 6.45) is 1.23. The molecule has 0 bridgehead atoms. The molecular formula is C22H24N2O6. The van der Waals surface area contributed by atoms with Crippen LogP contribution in [0, 0.1) is 0 Å². The third kappa shape index (κ3) is 6.47. The van der Waals surface area contributed by atoms with Crippen LogP contribution in [0.1, 0.15) is 12.5 Å². The van der Waals surface area contributed by atoms with E-state index in [1.165, 1.54) is 17.8 Å². The lowest BCUT2D eigenvalue weighted by Crippen LogP contribution is -2.21. The van der Waals surface area contributed by atoms with Crippen LogP contribution in [-0.2, 0) is 16.0 Å². The highest BCUT2D eigenvalue weighted by atomic mass is 16.4. The van der Waals surface area contributed by atoms with E-state index in [0.717, 1.165) is 16.5 Å². The topological polar surface area (TPSA) is 147 Å². The minimum Gasteiger partial charge on any atom is -0.479 e. The second-order valence-electron chi connectivity index (χ2n) is 6.50. The van der Waals surface area contributed by atoms with Gasteiger partial charge in [0.05, 0.1) is 0 Å². The minimum atomic E-state index is -1.34. The number of para-hydroxylation sites is 2. The van der Waals surface area contributed by atoms with E-state index in [9.17, 15) is 14.7 Å². The van der Waals surface area contributed by atoms with E-state index in [0.29, 0.717) is 0 Å². The molecule has 6 N–H and O–H groups in total. The Morgan fingerprint density at radius 2 is 1.47 bits per heavy atom. The van der Waals surface area contributed by atoms with Crippen molar-refractivity contribution >= 4 is 33.7 Å². The number of rotatable bonds is 4. The molecule has 0 saturated carbocycles. The first-order chi connectivity index (χ1) is 14.3. The number of aliphatic hydroxyl groups is 2. The molecule has 0 aliphatic heterocycles. The number of hydrogen-bond donors (Lipinski definition) is 6. The summed E-state index contributed by atoms with van der Waals surface area (Å²) in [5.74, 6) is -2.38. The van der Waals surface area contributed by atoms with E-state index in [-0.39, 0.29) is 6.42 Å². The van der Waals surface area contributed by atoms with Gasteiger partial charge in [0.15, 0.2) is 6.10 Å². The molecule has 2 aromatic heterocycles. The van der Waals surface area contributed by atoms with Gasteiger partial charge in [-0.1, -0.05) is 36.4 Å². The van der Waals surface area contributed by atoms with Crippen molar-refractivity contribution < 1.29 is 30.0 Å². The molecule has 4 aromatic rings. The monoisotopic (exact) mass is 412 g/mol. The lowest BCUT2D eigenvalue weighted by molar-refractivity contribution is -0.146. The molecule has 0 amide bonds. The lowest BCUT2D eigenvalue weighted by atomic mass is 10.1. The third-order valence-electron chi connectivity index (χ3n) is 4.19. The molecule has 30 heavy (non-hydrogen) atoms. The number of carboxylic acids is 2. The van der Waals surface area contributed by atoms with Gasteiger partial charge in [-0.15, -0.1) is 0 Å². The van der Waals surface area contributed by atoms with Gasteiger partial charge in [0.2, 0.25) is 0 Å². The number of aliphatic hydroxyl groups excluding tert-OH is 2. The van der Waals surface area contributed by atoms with Crippen molar-refractivity contribution in [1.82, 2.24) is 9.97 Å².